The number of anilines is 1. The Hall–Kier alpha value is -2.62. The van der Waals surface area contributed by atoms with E-state index < -0.39 is 0 Å². The number of halogens is 1. The molecule has 1 N–H and O–H groups in total. The minimum absolute atomic E-state index is 0.285. The number of hydrogen-bond acceptors (Lipinski definition) is 7. The predicted octanol–water partition coefficient (Wildman–Crippen LogP) is 5.50. The number of ether oxygens (including phenoxy) is 1. The van der Waals surface area contributed by atoms with Gasteiger partial charge in [0.1, 0.15) is 10.8 Å². The van der Waals surface area contributed by atoms with Crippen LogP contribution < -0.4 is 10.1 Å². The monoisotopic (exact) mass is 473 g/mol. The fraction of sp³-hybridized carbons (Fsp3) is 0.238. The highest BCUT2D eigenvalue weighted by atomic mass is 35.5. The lowest BCUT2D eigenvalue weighted by Gasteiger charge is -2.06. The summed E-state index contributed by atoms with van der Waals surface area (Å²) in [4.78, 5) is 17.2. The molecule has 2 aromatic heterocycles. The molecule has 0 aliphatic carbocycles. The van der Waals surface area contributed by atoms with Crippen molar-refractivity contribution in [3.05, 3.63) is 57.5 Å². The zero-order valence-electron chi connectivity index (χ0n) is 17.0. The average Bonchev–Trinajstić information content (AvgIpc) is 3.38. The molecule has 0 atom stereocenters. The molecule has 0 saturated carbocycles. The fourth-order valence-corrected chi connectivity index (χ4v) is 4.95. The average molecular weight is 474 g/mol. The maximum absolute atomic E-state index is 12.5. The summed E-state index contributed by atoms with van der Waals surface area (Å²) in [5.74, 6) is 1.02. The number of benzene rings is 2. The summed E-state index contributed by atoms with van der Waals surface area (Å²) in [7, 11) is 1.60. The van der Waals surface area contributed by atoms with E-state index >= 15 is 0 Å². The molecule has 0 unspecified atom stereocenters. The van der Waals surface area contributed by atoms with Crippen LogP contribution in [0.25, 0.3) is 11.0 Å². The van der Waals surface area contributed by atoms with Crippen molar-refractivity contribution in [1.82, 2.24) is 19.7 Å². The zero-order valence-corrected chi connectivity index (χ0v) is 19.4. The largest absolute Gasteiger partial charge is 0.497 e. The number of thioether (sulfide) groups is 1. The van der Waals surface area contributed by atoms with Crippen LogP contribution in [0, 0.1) is 0 Å². The molecule has 0 fully saturated rings. The maximum Gasteiger partial charge on any atom is 0.286 e. The van der Waals surface area contributed by atoms with Crippen molar-refractivity contribution in [2.45, 2.75) is 30.8 Å². The predicted molar refractivity (Wildman–Crippen MR) is 125 cm³/mol. The van der Waals surface area contributed by atoms with E-state index in [0.29, 0.717) is 21.5 Å². The van der Waals surface area contributed by atoms with Crippen LogP contribution in [-0.2, 0) is 12.3 Å². The standard InChI is InChI=1S/C21H20ClN5O2S2/c1-3-10-27-17-9-4-13(22)11-16(17)24-21(27)30-12-18-25-26-20(31-18)19(28)23-14-5-7-15(29-2)8-6-14/h4-9,11H,3,10,12H2,1-2H3,(H,23,28). The maximum atomic E-state index is 12.5. The van der Waals surface area contributed by atoms with Gasteiger partial charge in [-0.25, -0.2) is 4.98 Å². The SMILES string of the molecule is CCCn1c(SCc2nnc(C(=O)Nc3ccc(OC)cc3)s2)nc2cc(Cl)ccc21. The van der Waals surface area contributed by atoms with Gasteiger partial charge in [-0.2, -0.15) is 0 Å². The van der Waals surface area contributed by atoms with Crippen LogP contribution in [0.1, 0.15) is 28.2 Å². The molecular weight excluding hydrogens is 454 g/mol. The number of nitrogens with zero attached hydrogens (tertiary/aromatic N) is 4. The molecular formula is C21H20ClN5O2S2. The second-order valence-corrected chi connectivity index (χ2v) is 9.09. The van der Waals surface area contributed by atoms with E-state index in [4.69, 9.17) is 21.3 Å². The van der Waals surface area contributed by atoms with Gasteiger partial charge in [-0.15, -0.1) is 10.2 Å². The molecule has 0 radical (unpaired) electrons. The van der Waals surface area contributed by atoms with Crippen LogP contribution in [0.4, 0.5) is 5.69 Å². The molecule has 0 saturated heterocycles. The third-order valence-corrected chi connectivity index (χ3v) is 6.78. The summed E-state index contributed by atoms with van der Waals surface area (Å²) in [6.07, 6.45) is 0.996. The van der Waals surface area contributed by atoms with E-state index in [1.165, 1.54) is 11.3 Å². The summed E-state index contributed by atoms with van der Waals surface area (Å²) in [6.45, 7) is 3.00. The van der Waals surface area contributed by atoms with Gasteiger partial charge in [0.15, 0.2) is 5.16 Å². The van der Waals surface area contributed by atoms with Crippen LogP contribution in [-0.4, -0.2) is 32.8 Å². The van der Waals surface area contributed by atoms with E-state index in [2.05, 4.69) is 27.0 Å². The molecule has 31 heavy (non-hydrogen) atoms. The smallest absolute Gasteiger partial charge is 0.286 e. The molecule has 0 bridgehead atoms. The minimum atomic E-state index is -0.285. The number of aryl methyl sites for hydroxylation is 1. The quantitative estimate of drug-likeness (QED) is 0.340. The van der Waals surface area contributed by atoms with Crippen LogP contribution >= 0.6 is 34.7 Å². The Kier molecular flexibility index (Phi) is 6.74. The van der Waals surface area contributed by atoms with Crippen LogP contribution in [0.2, 0.25) is 5.02 Å². The third kappa shape index (κ3) is 5.00. The summed E-state index contributed by atoms with van der Waals surface area (Å²) in [5.41, 5.74) is 2.61. The van der Waals surface area contributed by atoms with Gasteiger partial charge in [0, 0.05) is 17.3 Å². The number of rotatable bonds is 8. The lowest BCUT2D eigenvalue weighted by Crippen LogP contribution is -2.11. The first-order valence-corrected chi connectivity index (χ1v) is 11.8. The summed E-state index contributed by atoms with van der Waals surface area (Å²) in [6, 6.07) is 12.9. The molecule has 4 aromatic rings. The number of fused-ring (bicyclic) bond motifs is 1. The highest BCUT2D eigenvalue weighted by Gasteiger charge is 2.16. The molecule has 7 nitrogen and oxygen atoms in total. The normalized spacial score (nSPS) is 11.1. The van der Waals surface area contributed by atoms with E-state index in [0.717, 1.165) is 39.9 Å². The van der Waals surface area contributed by atoms with Gasteiger partial charge < -0.3 is 14.6 Å². The van der Waals surface area contributed by atoms with E-state index in [-0.39, 0.29) is 5.91 Å². The number of carbonyl (C=O) groups excluding carboxylic acids is 1. The highest BCUT2D eigenvalue weighted by molar-refractivity contribution is 7.98. The fourth-order valence-electron chi connectivity index (χ4n) is 3.02. The number of amides is 1. The molecule has 10 heteroatoms. The summed E-state index contributed by atoms with van der Waals surface area (Å²) in [5, 5.41) is 13.7. The van der Waals surface area contributed by atoms with Gasteiger partial charge in [0.05, 0.1) is 23.9 Å². The summed E-state index contributed by atoms with van der Waals surface area (Å²) >= 11 is 8.97. The van der Waals surface area contributed by atoms with Crippen molar-refractivity contribution in [3.8, 4) is 5.75 Å². The Morgan fingerprint density at radius 2 is 2.03 bits per heavy atom. The number of imidazole rings is 1. The number of aromatic nitrogens is 4. The van der Waals surface area contributed by atoms with Crippen molar-refractivity contribution in [1.29, 1.82) is 0 Å². The zero-order chi connectivity index (χ0) is 21.8. The first-order valence-electron chi connectivity index (χ1n) is 9.63. The topological polar surface area (TPSA) is 81.9 Å². The number of hydrogen-bond donors (Lipinski definition) is 1. The molecule has 1 amide bonds. The number of methoxy groups -OCH3 is 1. The lowest BCUT2D eigenvalue weighted by molar-refractivity contribution is 0.102. The van der Waals surface area contributed by atoms with Crippen molar-refractivity contribution in [3.63, 3.8) is 0 Å². The Morgan fingerprint density at radius 1 is 1.23 bits per heavy atom. The molecule has 2 aromatic carbocycles. The van der Waals surface area contributed by atoms with E-state index in [1.807, 2.05) is 18.2 Å². The van der Waals surface area contributed by atoms with E-state index in [9.17, 15) is 4.79 Å². The first kappa shape index (κ1) is 21.6. The van der Waals surface area contributed by atoms with Crippen LogP contribution in [0.5, 0.6) is 5.75 Å². The third-order valence-electron chi connectivity index (χ3n) is 4.46. The van der Waals surface area contributed by atoms with Crippen molar-refractivity contribution in [2.24, 2.45) is 0 Å². The molecule has 0 aliphatic rings. The molecule has 0 spiro atoms. The molecule has 160 valence electrons. The van der Waals surface area contributed by atoms with E-state index in [1.54, 1.807) is 43.1 Å². The minimum Gasteiger partial charge on any atom is -0.497 e. The second-order valence-electron chi connectivity index (χ2n) is 6.65. The number of carbonyl (C=O) groups is 1. The Balaban J connectivity index is 1.44. The molecule has 0 aliphatic heterocycles. The Morgan fingerprint density at radius 3 is 2.77 bits per heavy atom. The molecule has 2 heterocycles. The number of nitrogens with one attached hydrogen (secondary N) is 1. The highest BCUT2D eigenvalue weighted by Crippen LogP contribution is 2.29. The van der Waals surface area contributed by atoms with Crippen molar-refractivity contribution < 1.29 is 9.53 Å². The van der Waals surface area contributed by atoms with Gasteiger partial charge in [0.25, 0.3) is 5.91 Å². The van der Waals surface area contributed by atoms with Crippen LogP contribution in [0.15, 0.2) is 47.6 Å². The molecule has 4 rings (SSSR count). The van der Waals surface area contributed by atoms with Gasteiger partial charge in [-0.05, 0) is 48.9 Å². The summed E-state index contributed by atoms with van der Waals surface area (Å²) < 4.78 is 7.31. The second kappa shape index (κ2) is 9.67. The lowest BCUT2D eigenvalue weighted by atomic mass is 10.3. The van der Waals surface area contributed by atoms with Gasteiger partial charge in [-0.3, -0.25) is 4.79 Å². The van der Waals surface area contributed by atoms with Gasteiger partial charge in [0.2, 0.25) is 5.01 Å². The van der Waals surface area contributed by atoms with Crippen molar-refractivity contribution in [2.75, 3.05) is 12.4 Å². The first-order chi connectivity index (χ1) is 15.1. The van der Waals surface area contributed by atoms with Gasteiger partial charge >= 0.3 is 0 Å². The van der Waals surface area contributed by atoms with Gasteiger partial charge in [-0.1, -0.05) is 41.6 Å². The Labute approximate surface area is 192 Å². The van der Waals surface area contributed by atoms with Crippen molar-refractivity contribution >= 4 is 57.3 Å². The Bertz CT molecular complexity index is 1210. The van der Waals surface area contributed by atoms with Crippen LogP contribution in [0.3, 0.4) is 0 Å².